The van der Waals surface area contributed by atoms with Crippen LogP contribution in [0.2, 0.25) is 0 Å². The number of nitrogens with one attached hydrogen (secondary N) is 1. The zero-order valence-electron chi connectivity index (χ0n) is 17.5. The molecule has 2 aromatic rings. The Hall–Kier alpha value is -1.73. The third kappa shape index (κ3) is 7.72. The number of guanidine groups is 1. The second-order valence-electron chi connectivity index (χ2n) is 7.10. The molecule has 1 N–H and O–H groups in total. The lowest BCUT2D eigenvalue weighted by Gasteiger charge is -2.35. The Labute approximate surface area is 199 Å². The highest BCUT2D eigenvalue weighted by molar-refractivity contribution is 14.0. The zero-order chi connectivity index (χ0) is 21.4. The van der Waals surface area contributed by atoms with E-state index in [1.807, 2.05) is 13.0 Å². The van der Waals surface area contributed by atoms with Gasteiger partial charge >= 0.3 is 0 Å². The van der Waals surface area contributed by atoms with E-state index in [1.54, 1.807) is 18.2 Å². The molecule has 0 unspecified atom stereocenters. The minimum absolute atomic E-state index is 0. The molecule has 0 saturated carbocycles. The van der Waals surface area contributed by atoms with Crippen molar-refractivity contribution in [1.82, 2.24) is 19.7 Å². The Kier molecular flexibility index (Phi) is 10.2. The van der Waals surface area contributed by atoms with Gasteiger partial charge in [-0.2, -0.15) is 4.31 Å². The smallest absolute Gasteiger partial charge is 0.220 e. The van der Waals surface area contributed by atoms with E-state index in [4.69, 9.17) is 4.52 Å². The van der Waals surface area contributed by atoms with Crippen molar-refractivity contribution in [3.05, 3.63) is 53.7 Å². The molecule has 2 heterocycles. The summed E-state index contributed by atoms with van der Waals surface area (Å²) in [6, 6.07) is 8.18. The first-order valence-electron chi connectivity index (χ1n) is 10.1. The van der Waals surface area contributed by atoms with Crippen molar-refractivity contribution >= 4 is 40.0 Å². The summed E-state index contributed by atoms with van der Waals surface area (Å²) in [5, 5.41) is 6.97. The maximum Gasteiger partial charge on any atom is 0.220 e. The summed E-state index contributed by atoms with van der Waals surface area (Å²) in [4.78, 5) is 6.75. The molecule has 0 aliphatic carbocycles. The number of hydrogen-bond donors (Lipinski definition) is 1. The molecule has 11 heteroatoms. The average Bonchev–Trinajstić information content (AvgIpc) is 3.23. The standard InChI is InChI=1S/C20H28FN5O3S.HI/c1-2-22-20(23-9-4-6-17-5-3-7-18(21)15-17)25-10-12-26(13-11-25)30(27,28)16-19-8-14-29-24-19;/h3,5,7-8,14-15H,2,4,6,9-13,16H2,1H3,(H,22,23);1H. The maximum absolute atomic E-state index is 13.3. The summed E-state index contributed by atoms with van der Waals surface area (Å²) in [6.07, 6.45) is 2.94. The molecule has 1 aliphatic heterocycles. The molecule has 0 bridgehead atoms. The summed E-state index contributed by atoms with van der Waals surface area (Å²) in [7, 11) is -3.43. The normalized spacial score (nSPS) is 15.5. The number of aromatic nitrogens is 1. The third-order valence-corrected chi connectivity index (χ3v) is 6.67. The van der Waals surface area contributed by atoms with Crippen molar-refractivity contribution in [3.8, 4) is 0 Å². The maximum atomic E-state index is 13.3. The molecule has 172 valence electrons. The van der Waals surface area contributed by atoms with Crippen molar-refractivity contribution in [3.63, 3.8) is 0 Å². The van der Waals surface area contributed by atoms with Gasteiger partial charge in [0.15, 0.2) is 5.96 Å². The van der Waals surface area contributed by atoms with Gasteiger partial charge in [-0.3, -0.25) is 4.99 Å². The molecule has 8 nitrogen and oxygen atoms in total. The topological polar surface area (TPSA) is 91.0 Å². The number of halogens is 2. The van der Waals surface area contributed by atoms with Crippen LogP contribution in [0.15, 0.2) is 46.1 Å². The van der Waals surface area contributed by atoms with Gasteiger partial charge in [0, 0.05) is 45.3 Å². The van der Waals surface area contributed by atoms with Crippen LogP contribution in [0.3, 0.4) is 0 Å². The minimum Gasteiger partial charge on any atom is -0.364 e. The van der Waals surface area contributed by atoms with Gasteiger partial charge in [0.1, 0.15) is 17.8 Å². The molecule has 0 atom stereocenters. The molecule has 1 aromatic heterocycles. The summed E-state index contributed by atoms with van der Waals surface area (Å²) >= 11 is 0. The van der Waals surface area contributed by atoms with Gasteiger partial charge in [0.2, 0.25) is 10.0 Å². The zero-order valence-corrected chi connectivity index (χ0v) is 20.7. The van der Waals surface area contributed by atoms with Crippen LogP contribution in [0.1, 0.15) is 24.6 Å². The Morgan fingerprint density at radius 1 is 1.26 bits per heavy atom. The first-order chi connectivity index (χ1) is 14.5. The minimum atomic E-state index is -3.43. The SMILES string of the molecule is CCNC(=NCCCc1cccc(F)c1)N1CCN(S(=O)(=O)Cc2ccon2)CC1.I. The van der Waals surface area contributed by atoms with Crippen LogP contribution in [0.4, 0.5) is 4.39 Å². The van der Waals surface area contributed by atoms with Crippen molar-refractivity contribution in [2.24, 2.45) is 4.99 Å². The predicted octanol–water partition coefficient (Wildman–Crippen LogP) is 2.48. The Bertz CT molecular complexity index is 932. The second kappa shape index (κ2) is 12.3. The average molecular weight is 565 g/mol. The molecule has 1 aromatic carbocycles. The van der Waals surface area contributed by atoms with Gasteiger partial charge in [-0.15, -0.1) is 24.0 Å². The highest BCUT2D eigenvalue weighted by Gasteiger charge is 2.28. The van der Waals surface area contributed by atoms with E-state index in [2.05, 4.69) is 20.4 Å². The highest BCUT2D eigenvalue weighted by Crippen LogP contribution is 2.13. The lowest BCUT2D eigenvalue weighted by atomic mass is 10.1. The number of hydrogen-bond acceptors (Lipinski definition) is 5. The summed E-state index contributed by atoms with van der Waals surface area (Å²) in [6.45, 7) is 5.27. The Morgan fingerprint density at radius 2 is 2.03 bits per heavy atom. The number of nitrogens with zero attached hydrogens (tertiary/aromatic N) is 4. The summed E-state index contributed by atoms with van der Waals surface area (Å²) in [5.41, 5.74) is 1.37. The number of aryl methyl sites for hydroxylation is 1. The van der Waals surface area contributed by atoms with Crippen LogP contribution in [-0.4, -0.2) is 68.0 Å². The molecule has 0 amide bonds. The Morgan fingerprint density at radius 3 is 2.68 bits per heavy atom. The van der Waals surface area contributed by atoms with Crippen molar-refractivity contribution in [1.29, 1.82) is 0 Å². The number of sulfonamides is 1. The quantitative estimate of drug-likeness (QED) is 0.229. The van der Waals surface area contributed by atoms with Crippen molar-refractivity contribution in [2.75, 3.05) is 39.3 Å². The van der Waals surface area contributed by atoms with E-state index in [1.165, 1.54) is 16.6 Å². The lowest BCUT2D eigenvalue weighted by molar-refractivity contribution is 0.260. The summed E-state index contributed by atoms with van der Waals surface area (Å²) < 4.78 is 44.6. The number of piperazine rings is 1. The largest absolute Gasteiger partial charge is 0.364 e. The van der Waals surface area contributed by atoms with Gasteiger partial charge in [-0.25, -0.2) is 12.8 Å². The van der Waals surface area contributed by atoms with Crippen LogP contribution in [0.25, 0.3) is 0 Å². The fraction of sp³-hybridized carbons (Fsp3) is 0.500. The first kappa shape index (κ1) is 25.5. The van der Waals surface area contributed by atoms with Crippen LogP contribution >= 0.6 is 24.0 Å². The van der Waals surface area contributed by atoms with Gasteiger partial charge in [0.05, 0.1) is 5.69 Å². The van der Waals surface area contributed by atoms with E-state index >= 15 is 0 Å². The van der Waals surface area contributed by atoms with E-state index < -0.39 is 10.0 Å². The van der Waals surface area contributed by atoms with Crippen LogP contribution < -0.4 is 5.32 Å². The number of benzene rings is 1. The first-order valence-corrected chi connectivity index (χ1v) is 11.7. The molecule has 1 saturated heterocycles. The predicted molar refractivity (Wildman–Crippen MR) is 128 cm³/mol. The molecular weight excluding hydrogens is 536 g/mol. The molecule has 1 aliphatic rings. The lowest BCUT2D eigenvalue weighted by Crippen LogP contribution is -2.53. The van der Waals surface area contributed by atoms with Crippen LogP contribution in [-0.2, 0) is 22.2 Å². The van der Waals surface area contributed by atoms with Gasteiger partial charge in [0.25, 0.3) is 0 Å². The van der Waals surface area contributed by atoms with Crippen molar-refractivity contribution < 1.29 is 17.3 Å². The molecule has 0 radical (unpaired) electrons. The highest BCUT2D eigenvalue weighted by atomic mass is 127. The monoisotopic (exact) mass is 565 g/mol. The van der Waals surface area contributed by atoms with Crippen LogP contribution in [0, 0.1) is 5.82 Å². The van der Waals surface area contributed by atoms with Gasteiger partial charge in [-0.05, 0) is 37.5 Å². The molecule has 3 rings (SSSR count). The van der Waals surface area contributed by atoms with E-state index in [0.717, 1.165) is 30.9 Å². The van der Waals surface area contributed by atoms with E-state index in [0.29, 0.717) is 38.4 Å². The molecule has 1 fully saturated rings. The van der Waals surface area contributed by atoms with E-state index in [9.17, 15) is 12.8 Å². The van der Waals surface area contributed by atoms with Crippen LogP contribution in [0.5, 0.6) is 0 Å². The van der Waals surface area contributed by atoms with E-state index in [-0.39, 0.29) is 35.5 Å². The molecule has 0 spiro atoms. The van der Waals surface area contributed by atoms with Gasteiger partial charge < -0.3 is 14.7 Å². The third-order valence-electron chi connectivity index (χ3n) is 4.86. The van der Waals surface area contributed by atoms with Crippen molar-refractivity contribution in [2.45, 2.75) is 25.5 Å². The fourth-order valence-corrected chi connectivity index (χ4v) is 4.78. The number of aliphatic imine (C=N–C) groups is 1. The fourth-order valence-electron chi connectivity index (χ4n) is 3.35. The second-order valence-corrected chi connectivity index (χ2v) is 9.07. The van der Waals surface area contributed by atoms with Gasteiger partial charge in [-0.1, -0.05) is 17.3 Å². The molecule has 31 heavy (non-hydrogen) atoms. The molecular formula is C20H29FIN5O3S. The Balaban J connectivity index is 0.00000341. The number of rotatable bonds is 8. The summed E-state index contributed by atoms with van der Waals surface area (Å²) in [5.74, 6) is 0.406.